The molecule has 0 bridgehead atoms. The first-order valence-electron chi connectivity index (χ1n) is 9.38. The number of carbonyl (C=O) groups excluding carboxylic acids is 1. The van der Waals surface area contributed by atoms with Crippen LogP contribution in [-0.2, 0) is 4.79 Å². The number of piperidine rings is 2. The molecule has 3 rings (SSSR count). The molecule has 0 aliphatic carbocycles. The van der Waals surface area contributed by atoms with Gasteiger partial charge in [0.1, 0.15) is 5.82 Å². The van der Waals surface area contributed by atoms with Crippen molar-refractivity contribution in [1.29, 1.82) is 0 Å². The highest BCUT2D eigenvalue weighted by molar-refractivity contribution is 5.76. The van der Waals surface area contributed by atoms with Gasteiger partial charge in [-0.05, 0) is 69.7 Å². The number of amides is 1. The van der Waals surface area contributed by atoms with Gasteiger partial charge in [0.15, 0.2) is 0 Å². The zero-order valence-electron chi connectivity index (χ0n) is 14.8. The first-order chi connectivity index (χ1) is 11.7. The van der Waals surface area contributed by atoms with Crippen LogP contribution in [0.1, 0.15) is 44.1 Å². The molecule has 0 radical (unpaired) electrons. The summed E-state index contributed by atoms with van der Waals surface area (Å²) in [5.41, 5.74) is 1.19. The summed E-state index contributed by atoms with van der Waals surface area (Å²) in [5, 5.41) is 6.62. The van der Waals surface area contributed by atoms with E-state index in [0.29, 0.717) is 12.5 Å². The van der Waals surface area contributed by atoms with E-state index < -0.39 is 0 Å². The summed E-state index contributed by atoms with van der Waals surface area (Å²) in [6, 6.07) is 4.52. The van der Waals surface area contributed by atoms with E-state index in [0.717, 1.165) is 57.2 Å². The van der Waals surface area contributed by atoms with Crippen LogP contribution in [0.2, 0.25) is 0 Å². The second-order valence-electron chi connectivity index (χ2n) is 7.25. The van der Waals surface area contributed by atoms with Gasteiger partial charge in [-0.1, -0.05) is 6.07 Å². The fourth-order valence-electron chi connectivity index (χ4n) is 3.71. The molecule has 24 heavy (non-hydrogen) atoms. The molecule has 2 aliphatic rings. The lowest BCUT2D eigenvalue weighted by Gasteiger charge is -2.33. The van der Waals surface area contributed by atoms with Gasteiger partial charge in [-0.3, -0.25) is 4.79 Å². The summed E-state index contributed by atoms with van der Waals surface area (Å²) < 4.78 is 0. The van der Waals surface area contributed by atoms with Crippen molar-refractivity contribution in [2.24, 2.45) is 5.92 Å². The maximum atomic E-state index is 12.2. The Morgan fingerprint density at radius 2 is 2.00 bits per heavy atom. The number of hydrogen-bond donors (Lipinski definition) is 2. The SMILES string of the molecule is Cc1ccc(N2CCC(NC(=O)CCC3CCNCC3)CC2)nc1. The van der Waals surface area contributed by atoms with Crippen LogP contribution in [0.5, 0.6) is 0 Å². The summed E-state index contributed by atoms with van der Waals surface area (Å²) in [6.45, 7) is 6.21. The molecule has 0 spiro atoms. The van der Waals surface area contributed by atoms with E-state index in [9.17, 15) is 4.79 Å². The number of nitrogens with one attached hydrogen (secondary N) is 2. The minimum Gasteiger partial charge on any atom is -0.356 e. The van der Waals surface area contributed by atoms with Gasteiger partial charge in [0.25, 0.3) is 0 Å². The first kappa shape index (κ1) is 17.2. The third kappa shape index (κ3) is 4.94. The average Bonchev–Trinajstić information content (AvgIpc) is 2.62. The van der Waals surface area contributed by atoms with E-state index in [1.54, 1.807) is 0 Å². The molecular formula is C19H30N4O. The smallest absolute Gasteiger partial charge is 0.220 e. The van der Waals surface area contributed by atoms with Crippen molar-refractivity contribution >= 4 is 11.7 Å². The molecule has 1 aromatic rings. The van der Waals surface area contributed by atoms with Gasteiger partial charge >= 0.3 is 0 Å². The molecule has 0 saturated carbocycles. The Bertz CT molecular complexity index is 517. The van der Waals surface area contributed by atoms with Gasteiger partial charge in [-0.25, -0.2) is 4.98 Å². The highest BCUT2D eigenvalue weighted by Crippen LogP contribution is 2.20. The quantitative estimate of drug-likeness (QED) is 0.869. The van der Waals surface area contributed by atoms with E-state index in [-0.39, 0.29) is 5.91 Å². The third-order valence-corrected chi connectivity index (χ3v) is 5.32. The van der Waals surface area contributed by atoms with Crippen LogP contribution in [-0.4, -0.2) is 43.1 Å². The molecule has 5 nitrogen and oxygen atoms in total. The molecular weight excluding hydrogens is 300 g/mol. The number of pyridine rings is 1. The van der Waals surface area contributed by atoms with Gasteiger partial charge in [0, 0.05) is 31.7 Å². The molecule has 1 aromatic heterocycles. The Balaban J connectivity index is 1.37. The Kier molecular flexibility index (Phi) is 6.07. The van der Waals surface area contributed by atoms with Crippen molar-refractivity contribution in [3.8, 4) is 0 Å². The van der Waals surface area contributed by atoms with Crippen LogP contribution >= 0.6 is 0 Å². The Morgan fingerprint density at radius 3 is 2.67 bits per heavy atom. The highest BCUT2D eigenvalue weighted by Gasteiger charge is 2.22. The summed E-state index contributed by atoms with van der Waals surface area (Å²) >= 11 is 0. The fraction of sp³-hybridized carbons (Fsp3) is 0.684. The minimum absolute atomic E-state index is 0.237. The lowest BCUT2D eigenvalue weighted by atomic mass is 9.93. The van der Waals surface area contributed by atoms with Crippen LogP contribution < -0.4 is 15.5 Å². The molecule has 2 N–H and O–H groups in total. The summed E-state index contributed by atoms with van der Waals surface area (Å²) in [7, 11) is 0. The number of aromatic nitrogens is 1. The van der Waals surface area contributed by atoms with Gasteiger partial charge < -0.3 is 15.5 Å². The van der Waals surface area contributed by atoms with E-state index >= 15 is 0 Å². The fourth-order valence-corrected chi connectivity index (χ4v) is 3.71. The van der Waals surface area contributed by atoms with Crippen molar-refractivity contribution in [3.63, 3.8) is 0 Å². The van der Waals surface area contributed by atoms with E-state index in [4.69, 9.17) is 0 Å². The minimum atomic E-state index is 0.237. The second-order valence-corrected chi connectivity index (χ2v) is 7.25. The number of aryl methyl sites for hydroxylation is 1. The number of rotatable bonds is 5. The van der Waals surface area contributed by atoms with Gasteiger partial charge in [0.2, 0.25) is 5.91 Å². The molecule has 1 amide bonds. The molecule has 0 atom stereocenters. The predicted molar refractivity (Wildman–Crippen MR) is 97.2 cm³/mol. The highest BCUT2D eigenvalue weighted by atomic mass is 16.1. The van der Waals surface area contributed by atoms with Crippen LogP contribution in [0.25, 0.3) is 0 Å². The number of carbonyl (C=O) groups is 1. The van der Waals surface area contributed by atoms with Crippen molar-refractivity contribution in [2.75, 3.05) is 31.1 Å². The molecule has 3 heterocycles. The average molecular weight is 330 g/mol. The Labute approximate surface area is 145 Å². The maximum absolute atomic E-state index is 12.2. The monoisotopic (exact) mass is 330 g/mol. The standard InChI is InChI=1S/C19H30N4O/c1-15-2-4-18(21-14-15)23-12-8-17(9-13-23)22-19(24)5-3-16-6-10-20-11-7-16/h2,4,14,16-17,20H,3,5-13H2,1H3,(H,22,24). The van der Waals surface area contributed by atoms with Crippen molar-refractivity contribution in [2.45, 2.75) is 51.5 Å². The third-order valence-electron chi connectivity index (χ3n) is 5.32. The van der Waals surface area contributed by atoms with E-state index in [1.807, 2.05) is 6.20 Å². The zero-order valence-corrected chi connectivity index (χ0v) is 14.8. The van der Waals surface area contributed by atoms with Crippen LogP contribution in [0.15, 0.2) is 18.3 Å². The zero-order chi connectivity index (χ0) is 16.8. The van der Waals surface area contributed by atoms with Crippen LogP contribution in [0.4, 0.5) is 5.82 Å². The summed E-state index contributed by atoms with van der Waals surface area (Å²) in [5.74, 6) is 2.02. The van der Waals surface area contributed by atoms with Crippen LogP contribution in [0, 0.1) is 12.8 Å². The van der Waals surface area contributed by atoms with Gasteiger partial charge in [-0.2, -0.15) is 0 Å². The molecule has 5 heteroatoms. The number of nitrogens with zero attached hydrogens (tertiary/aromatic N) is 2. The van der Waals surface area contributed by atoms with Crippen molar-refractivity contribution in [3.05, 3.63) is 23.9 Å². The largest absolute Gasteiger partial charge is 0.356 e. The van der Waals surface area contributed by atoms with E-state index in [2.05, 4.69) is 39.6 Å². The molecule has 0 aromatic carbocycles. The number of hydrogen-bond acceptors (Lipinski definition) is 4. The Hall–Kier alpha value is -1.62. The molecule has 132 valence electrons. The summed E-state index contributed by atoms with van der Waals surface area (Å²) in [6.07, 6.45) is 8.10. The van der Waals surface area contributed by atoms with Crippen LogP contribution in [0.3, 0.4) is 0 Å². The topological polar surface area (TPSA) is 57.3 Å². The second kappa shape index (κ2) is 8.47. The van der Waals surface area contributed by atoms with Gasteiger partial charge in [-0.15, -0.1) is 0 Å². The van der Waals surface area contributed by atoms with E-state index in [1.165, 1.54) is 18.4 Å². The first-order valence-corrected chi connectivity index (χ1v) is 9.38. The predicted octanol–water partition coefficient (Wildman–Crippen LogP) is 2.25. The van der Waals surface area contributed by atoms with Crippen molar-refractivity contribution < 1.29 is 4.79 Å². The summed E-state index contributed by atoms with van der Waals surface area (Å²) in [4.78, 5) is 19.0. The number of anilines is 1. The molecule has 0 unspecified atom stereocenters. The molecule has 2 saturated heterocycles. The molecule has 2 aliphatic heterocycles. The molecule has 2 fully saturated rings. The normalized spacial score (nSPS) is 20.1. The lowest BCUT2D eigenvalue weighted by Crippen LogP contribution is -2.45. The van der Waals surface area contributed by atoms with Crippen molar-refractivity contribution in [1.82, 2.24) is 15.6 Å². The van der Waals surface area contributed by atoms with Gasteiger partial charge in [0.05, 0.1) is 0 Å². The lowest BCUT2D eigenvalue weighted by molar-refractivity contribution is -0.122. The Morgan fingerprint density at radius 1 is 1.25 bits per heavy atom. The maximum Gasteiger partial charge on any atom is 0.220 e.